The van der Waals surface area contributed by atoms with Crippen LogP contribution in [0.1, 0.15) is 21.5 Å². The molecule has 0 aliphatic rings. The van der Waals surface area contributed by atoms with E-state index in [0.29, 0.717) is 16.1 Å². The van der Waals surface area contributed by atoms with Crippen LogP contribution >= 0.6 is 11.3 Å². The molecule has 1 aromatic heterocycles. The summed E-state index contributed by atoms with van der Waals surface area (Å²) in [6.07, 6.45) is 0. The number of amides is 1. The molecular formula is C21H22N2O3S. The van der Waals surface area contributed by atoms with Crippen LogP contribution in [0.5, 0.6) is 11.5 Å². The minimum atomic E-state index is -0.278. The number of carbonyl (C=O) groups excluding carboxylic acids is 1. The van der Waals surface area contributed by atoms with E-state index in [1.54, 1.807) is 38.5 Å². The number of hydrogen-bond acceptors (Lipinski definition) is 4. The molecule has 5 nitrogen and oxygen atoms in total. The van der Waals surface area contributed by atoms with Crippen LogP contribution in [0.3, 0.4) is 0 Å². The van der Waals surface area contributed by atoms with Gasteiger partial charge in [-0.3, -0.25) is 4.79 Å². The van der Waals surface area contributed by atoms with Crippen LogP contribution in [0.15, 0.2) is 46.8 Å². The third-order valence-corrected chi connectivity index (χ3v) is 5.51. The average molecular weight is 382 g/mol. The standard InChI is InChI=1S/C21H22N2O3S/c1-13-10-16(11-19(26-5)14(13)2)18-12-27-21(23(18)3)22-20(24)15-6-8-17(25-4)9-7-15/h6-12H,1-5H3. The lowest BCUT2D eigenvalue weighted by molar-refractivity contribution is 0.0998. The Labute approximate surface area is 162 Å². The molecule has 0 aliphatic carbocycles. The highest BCUT2D eigenvalue weighted by Crippen LogP contribution is 2.29. The summed E-state index contributed by atoms with van der Waals surface area (Å²) in [5.41, 5.74) is 4.83. The van der Waals surface area contributed by atoms with Crippen molar-refractivity contribution in [2.24, 2.45) is 12.0 Å². The summed E-state index contributed by atoms with van der Waals surface area (Å²) < 4.78 is 12.5. The molecule has 0 radical (unpaired) electrons. The van der Waals surface area contributed by atoms with E-state index in [4.69, 9.17) is 9.47 Å². The molecule has 0 saturated carbocycles. The Bertz CT molecular complexity index is 1050. The van der Waals surface area contributed by atoms with Crippen LogP contribution in [-0.2, 0) is 7.05 Å². The van der Waals surface area contributed by atoms with Crippen LogP contribution in [0.2, 0.25) is 0 Å². The minimum Gasteiger partial charge on any atom is -0.497 e. The molecular weight excluding hydrogens is 360 g/mol. The fraction of sp³-hybridized carbons (Fsp3) is 0.238. The Hall–Kier alpha value is -2.86. The number of nitrogens with zero attached hydrogens (tertiary/aromatic N) is 2. The zero-order valence-corrected chi connectivity index (χ0v) is 16.9. The molecule has 3 rings (SSSR count). The summed E-state index contributed by atoms with van der Waals surface area (Å²) in [5, 5.41) is 2.00. The monoisotopic (exact) mass is 382 g/mol. The van der Waals surface area contributed by atoms with E-state index in [1.807, 2.05) is 30.0 Å². The summed E-state index contributed by atoms with van der Waals surface area (Å²) in [5.74, 6) is 1.28. The van der Waals surface area contributed by atoms with Gasteiger partial charge in [0.1, 0.15) is 11.5 Å². The van der Waals surface area contributed by atoms with Gasteiger partial charge < -0.3 is 14.0 Å². The Morgan fingerprint density at radius 2 is 1.78 bits per heavy atom. The smallest absolute Gasteiger partial charge is 0.279 e. The molecule has 1 amide bonds. The van der Waals surface area contributed by atoms with Crippen molar-refractivity contribution in [1.82, 2.24) is 4.57 Å². The quantitative estimate of drug-likeness (QED) is 0.682. The number of aromatic nitrogens is 1. The van der Waals surface area contributed by atoms with Gasteiger partial charge in [0, 0.05) is 23.6 Å². The Morgan fingerprint density at radius 3 is 2.41 bits per heavy atom. The van der Waals surface area contributed by atoms with Crippen molar-refractivity contribution in [2.75, 3.05) is 14.2 Å². The first-order valence-corrected chi connectivity index (χ1v) is 9.35. The van der Waals surface area contributed by atoms with Gasteiger partial charge in [-0.05, 0) is 61.4 Å². The lowest BCUT2D eigenvalue weighted by atomic mass is 10.0. The number of benzene rings is 2. The lowest BCUT2D eigenvalue weighted by Gasteiger charge is -2.11. The number of ether oxygens (including phenoxy) is 2. The molecule has 6 heteroatoms. The van der Waals surface area contributed by atoms with E-state index in [2.05, 4.69) is 18.0 Å². The fourth-order valence-electron chi connectivity index (χ4n) is 2.80. The Kier molecular flexibility index (Phi) is 5.46. The first kappa shape index (κ1) is 18.9. The topological polar surface area (TPSA) is 52.8 Å². The molecule has 0 N–H and O–H groups in total. The van der Waals surface area contributed by atoms with Crippen LogP contribution in [0.25, 0.3) is 11.3 Å². The van der Waals surface area contributed by atoms with Crippen molar-refractivity contribution in [3.05, 3.63) is 63.3 Å². The molecule has 2 aromatic carbocycles. The van der Waals surface area contributed by atoms with Crippen LogP contribution < -0.4 is 14.3 Å². The second-order valence-electron chi connectivity index (χ2n) is 6.23. The highest BCUT2D eigenvalue weighted by atomic mass is 32.1. The number of hydrogen-bond donors (Lipinski definition) is 0. The molecule has 0 fully saturated rings. The van der Waals surface area contributed by atoms with E-state index in [9.17, 15) is 4.79 Å². The lowest BCUT2D eigenvalue weighted by Crippen LogP contribution is -2.14. The molecule has 0 spiro atoms. The van der Waals surface area contributed by atoms with Gasteiger partial charge in [0.25, 0.3) is 5.91 Å². The highest BCUT2D eigenvalue weighted by Gasteiger charge is 2.11. The van der Waals surface area contributed by atoms with Gasteiger partial charge in [-0.2, -0.15) is 4.99 Å². The molecule has 140 valence electrons. The van der Waals surface area contributed by atoms with Crippen molar-refractivity contribution in [3.63, 3.8) is 0 Å². The Morgan fingerprint density at radius 1 is 1.07 bits per heavy atom. The van der Waals surface area contributed by atoms with E-state index in [-0.39, 0.29) is 5.91 Å². The average Bonchev–Trinajstić information content (AvgIpc) is 3.04. The summed E-state index contributed by atoms with van der Waals surface area (Å²) in [6, 6.07) is 11.1. The molecule has 0 saturated heterocycles. The molecule has 3 aromatic rings. The first-order valence-electron chi connectivity index (χ1n) is 8.48. The number of methoxy groups -OCH3 is 2. The van der Waals surface area contributed by atoms with Crippen LogP contribution in [-0.4, -0.2) is 24.7 Å². The maximum absolute atomic E-state index is 12.5. The predicted molar refractivity (Wildman–Crippen MR) is 108 cm³/mol. The zero-order chi connectivity index (χ0) is 19.6. The molecule has 1 heterocycles. The molecule has 0 bridgehead atoms. The maximum atomic E-state index is 12.5. The van der Waals surface area contributed by atoms with Gasteiger partial charge in [-0.25, -0.2) is 0 Å². The summed E-state index contributed by atoms with van der Waals surface area (Å²) in [4.78, 5) is 17.4. The van der Waals surface area contributed by atoms with Crippen LogP contribution in [0, 0.1) is 13.8 Å². The maximum Gasteiger partial charge on any atom is 0.279 e. The predicted octanol–water partition coefficient (Wildman–Crippen LogP) is 4.13. The van der Waals surface area contributed by atoms with Crippen molar-refractivity contribution in [2.45, 2.75) is 13.8 Å². The van der Waals surface area contributed by atoms with E-state index in [1.165, 1.54) is 11.3 Å². The van der Waals surface area contributed by atoms with Gasteiger partial charge in [0.15, 0.2) is 4.80 Å². The van der Waals surface area contributed by atoms with Gasteiger partial charge in [-0.1, -0.05) is 0 Å². The SMILES string of the molecule is COc1ccc(C(=O)N=c2scc(-c3cc(C)c(C)c(OC)c3)n2C)cc1. The first-order chi connectivity index (χ1) is 12.9. The van der Waals surface area contributed by atoms with Gasteiger partial charge in [-0.15, -0.1) is 11.3 Å². The molecule has 27 heavy (non-hydrogen) atoms. The summed E-state index contributed by atoms with van der Waals surface area (Å²) in [6.45, 7) is 4.10. The summed E-state index contributed by atoms with van der Waals surface area (Å²) in [7, 11) is 5.18. The Balaban J connectivity index is 1.98. The van der Waals surface area contributed by atoms with Crippen LogP contribution in [0.4, 0.5) is 0 Å². The third-order valence-electron chi connectivity index (χ3n) is 4.59. The van der Waals surface area contributed by atoms with Gasteiger partial charge in [0.2, 0.25) is 0 Å². The number of carbonyl (C=O) groups is 1. The molecule has 0 aliphatic heterocycles. The molecule has 0 atom stereocenters. The number of thiazole rings is 1. The van der Waals surface area contributed by atoms with Gasteiger partial charge in [0.05, 0.1) is 19.9 Å². The van der Waals surface area contributed by atoms with Crippen molar-refractivity contribution in [1.29, 1.82) is 0 Å². The van der Waals surface area contributed by atoms with E-state index in [0.717, 1.165) is 28.1 Å². The van der Waals surface area contributed by atoms with E-state index < -0.39 is 0 Å². The largest absolute Gasteiger partial charge is 0.497 e. The molecule has 0 unspecified atom stereocenters. The number of rotatable bonds is 4. The zero-order valence-electron chi connectivity index (χ0n) is 16.1. The number of aryl methyl sites for hydroxylation is 1. The van der Waals surface area contributed by atoms with Gasteiger partial charge >= 0.3 is 0 Å². The van der Waals surface area contributed by atoms with E-state index >= 15 is 0 Å². The van der Waals surface area contributed by atoms with Crippen molar-refractivity contribution >= 4 is 17.2 Å². The minimum absolute atomic E-state index is 0.278. The summed E-state index contributed by atoms with van der Waals surface area (Å²) >= 11 is 1.44. The second-order valence-corrected chi connectivity index (χ2v) is 7.06. The second kappa shape index (κ2) is 7.80. The highest BCUT2D eigenvalue weighted by molar-refractivity contribution is 7.07. The van der Waals surface area contributed by atoms with Crippen molar-refractivity contribution in [3.8, 4) is 22.8 Å². The fourth-order valence-corrected chi connectivity index (χ4v) is 3.71. The normalized spacial score (nSPS) is 11.5. The third kappa shape index (κ3) is 3.80. The van der Waals surface area contributed by atoms with Crippen molar-refractivity contribution < 1.29 is 14.3 Å².